The Morgan fingerprint density at radius 3 is 2.21 bits per heavy atom. The Kier molecular flexibility index (Phi) is 8.57. The van der Waals surface area contributed by atoms with Crippen molar-refractivity contribution >= 4 is 23.6 Å². The lowest BCUT2D eigenvalue weighted by Crippen LogP contribution is -2.52. The third-order valence-corrected chi connectivity index (χ3v) is 5.84. The average Bonchev–Trinajstić information content (AvgIpc) is 2.83. The monoisotopic (exact) mass is 450 g/mol. The molecule has 8 nitrogen and oxygen atoms in total. The van der Waals surface area contributed by atoms with Crippen molar-refractivity contribution in [2.75, 3.05) is 6.54 Å². The molecule has 8 heteroatoms. The minimum atomic E-state index is -0.860. The predicted molar refractivity (Wildman–Crippen MR) is 124 cm³/mol. The average molecular weight is 451 g/mol. The first-order valence-electron chi connectivity index (χ1n) is 11.2. The molecular formula is C25H30N4O4. The number of nitrogens with two attached hydrogens (primary N) is 1. The summed E-state index contributed by atoms with van der Waals surface area (Å²) in [7, 11) is 0. The van der Waals surface area contributed by atoms with Gasteiger partial charge in [0.25, 0.3) is 5.91 Å². The second kappa shape index (κ2) is 11.8. The van der Waals surface area contributed by atoms with E-state index in [0.29, 0.717) is 18.4 Å². The molecule has 33 heavy (non-hydrogen) atoms. The fraction of sp³-hybridized carbons (Fsp3) is 0.360. The highest BCUT2D eigenvalue weighted by Gasteiger charge is 2.30. The summed E-state index contributed by atoms with van der Waals surface area (Å²) in [6, 6.07) is 16.8. The maximum absolute atomic E-state index is 12.9. The maximum Gasteiger partial charge on any atom is 0.251 e. The van der Waals surface area contributed by atoms with E-state index in [4.69, 9.17) is 5.73 Å². The van der Waals surface area contributed by atoms with Gasteiger partial charge in [-0.25, -0.2) is 0 Å². The summed E-state index contributed by atoms with van der Waals surface area (Å²) < 4.78 is 0. The molecule has 3 rings (SSSR count). The van der Waals surface area contributed by atoms with Crippen LogP contribution in [0.2, 0.25) is 0 Å². The molecule has 0 aliphatic heterocycles. The Morgan fingerprint density at radius 2 is 1.55 bits per heavy atom. The van der Waals surface area contributed by atoms with Gasteiger partial charge in [-0.3, -0.25) is 19.2 Å². The number of primary amides is 1. The summed E-state index contributed by atoms with van der Waals surface area (Å²) in [5.41, 5.74) is 6.78. The molecule has 174 valence electrons. The van der Waals surface area contributed by atoms with Gasteiger partial charge in [-0.2, -0.15) is 0 Å². The number of hydrogen-bond acceptors (Lipinski definition) is 4. The van der Waals surface area contributed by atoms with Crippen molar-refractivity contribution in [1.82, 2.24) is 16.0 Å². The maximum atomic E-state index is 12.9. The van der Waals surface area contributed by atoms with Crippen LogP contribution in [0.15, 0.2) is 60.7 Å². The van der Waals surface area contributed by atoms with Crippen LogP contribution in [-0.2, 0) is 20.8 Å². The van der Waals surface area contributed by atoms with Crippen molar-refractivity contribution in [3.8, 4) is 0 Å². The lowest BCUT2D eigenvalue weighted by molar-refractivity contribution is -0.129. The van der Waals surface area contributed by atoms with Gasteiger partial charge in [0.15, 0.2) is 0 Å². The molecule has 0 heterocycles. The summed E-state index contributed by atoms with van der Waals surface area (Å²) in [6.07, 6.45) is 3.42. The molecule has 1 aliphatic rings. The first kappa shape index (κ1) is 24.0. The van der Waals surface area contributed by atoms with Crippen LogP contribution in [0.25, 0.3) is 0 Å². The summed E-state index contributed by atoms with van der Waals surface area (Å²) in [5, 5.41) is 8.20. The zero-order chi connectivity index (χ0) is 23.6. The van der Waals surface area contributed by atoms with Gasteiger partial charge >= 0.3 is 0 Å². The number of carbonyl (C=O) groups excluding carboxylic acids is 4. The molecule has 5 N–H and O–H groups in total. The van der Waals surface area contributed by atoms with Crippen LogP contribution < -0.4 is 21.7 Å². The smallest absolute Gasteiger partial charge is 0.251 e. The van der Waals surface area contributed by atoms with Crippen molar-refractivity contribution in [3.05, 3.63) is 71.8 Å². The van der Waals surface area contributed by atoms with E-state index in [1.807, 2.05) is 30.3 Å². The highest BCUT2D eigenvalue weighted by Crippen LogP contribution is 2.24. The van der Waals surface area contributed by atoms with Crippen LogP contribution in [0.1, 0.15) is 41.6 Å². The Balaban J connectivity index is 1.61. The van der Waals surface area contributed by atoms with Crippen molar-refractivity contribution in [2.45, 2.75) is 44.2 Å². The van der Waals surface area contributed by atoms with Crippen LogP contribution in [0.4, 0.5) is 0 Å². The van der Waals surface area contributed by atoms with Crippen LogP contribution >= 0.6 is 0 Å². The third-order valence-electron chi connectivity index (χ3n) is 5.84. The van der Waals surface area contributed by atoms with Crippen molar-refractivity contribution < 1.29 is 19.2 Å². The number of hydrogen-bond donors (Lipinski definition) is 4. The highest BCUT2D eigenvalue weighted by atomic mass is 16.2. The highest BCUT2D eigenvalue weighted by molar-refractivity contribution is 5.98. The fourth-order valence-corrected chi connectivity index (χ4v) is 4.08. The number of nitrogens with one attached hydrogen (secondary N) is 3. The molecule has 0 spiro atoms. The summed E-state index contributed by atoms with van der Waals surface area (Å²) >= 11 is 0. The Bertz CT molecular complexity index is 965. The largest absolute Gasteiger partial charge is 0.369 e. The normalized spacial score (nSPS) is 18.5. The second-order valence-corrected chi connectivity index (χ2v) is 8.27. The van der Waals surface area contributed by atoms with Gasteiger partial charge in [-0.1, -0.05) is 61.4 Å². The van der Waals surface area contributed by atoms with E-state index in [1.165, 1.54) is 0 Å². The zero-order valence-electron chi connectivity index (χ0n) is 18.5. The van der Waals surface area contributed by atoms with Crippen LogP contribution in [0.5, 0.6) is 0 Å². The summed E-state index contributed by atoms with van der Waals surface area (Å²) in [5.74, 6) is -2.05. The van der Waals surface area contributed by atoms with Gasteiger partial charge < -0.3 is 21.7 Å². The molecule has 1 aliphatic carbocycles. The number of amides is 4. The van der Waals surface area contributed by atoms with Crippen LogP contribution in [0, 0.1) is 5.92 Å². The molecule has 0 aromatic heterocycles. The molecule has 0 unspecified atom stereocenters. The van der Waals surface area contributed by atoms with E-state index < -0.39 is 29.7 Å². The molecule has 2 aromatic carbocycles. The zero-order valence-corrected chi connectivity index (χ0v) is 18.5. The molecule has 4 amide bonds. The van der Waals surface area contributed by atoms with E-state index in [-0.39, 0.29) is 24.9 Å². The topological polar surface area (TPSA) is 130 Å². The van der Waals surface area contributed by atoms with Crippen LogP contribution in [-0.4, -0.2) is 42.3 Å². The van der Waals surface area contributed by atoms with E-state index in [9.17, 15) is 19.2 Å². The lowest BCUT2D eigenvalue weighted by Gasteiger charge is -2.30. The standard InChI is InChI=1S/C25H30N4O4/c26-23(31)19-13-7-8-14-20(19)28-22(30)16-27-25(33)21(15-17-9-3-1-4-10-17)29-24(32)18-11-5-2-6-12-18/h1-6,9-12,19-21H,7-8,13-16H2,(H2,26,31)(H,27,33)(H,28,30)(H,29,32)/t19-,20+,21-/m0/s1. The number of carbonyl (C=O) groups is 4. The van der Waals surface area contributed by atoms with Crippen molar-refractivity contribution in [2.24, 2.45) is 11.7 Å². The van der Waals surface area contributed by atoms with Crippen molar-refractivity contribution in [1.29, 1.82) is 0 Å². The lowest BCUT2D eigenvalue weighted by atomic mass is 9.84. The third kappa shape index (κ3) is 7.17. The molecule has 2 aromatic rings. The van der Waals surface area contributed by atoms with Gasteiger partial charge in [-0.05, 0) is 30.5 Å². The number of benzene rings is 2. The Labute approximate surface area is 193 Å². The van der Waals surface area contributed by atoms with E-state index in [2.05, 4.69) is 16.0 Å². The molecule has 0 radical (unpaired) electrons. The predicted octanol–water partition coefficient (Wildman–Crippen LogP) is 1.30. The SMILES string of the molecule is NC(=O)[C@H]1CCCC[C@H]1NC(=O)CNC(=O)[C@H](Cc1ccccc1)NC(=O)c1ccccc1. The molecule has 1 saturated carbocycles. The Hall–Kier alpha value is -3.68. The van der Waals surface area contributed by atoms with Gasteiger partial charge in [0, 0.05) is 18.0 Å². The molecule has 0 saturated heterocycles. The molecule has 0 bridgehead atoms. The summed E-state index contributed by atoms with van der Waals surface area (Å²) in [6.45, 7) is -0.257. The molecule has 3 atom stereocenters. The van der Waals surface area contributed by atoms with E-state index >= 15 is 0 Å². The van der Waals surface area contributed by atoms with Gasteiger partial charge in [0.05, 0.1) is 12.5 Å². The molecule has 1 fully saturated rings. The van der Waals surface area contributed by atoms with Gasteiger partial charge in [-0.15, -0.1) is 0 Å². The van der Waals surface area contributed by atoms with E-state index in [1.54, 1.807) is 30.3 Å². The van der Waals surface area contributed by atoms with E-state index in [0.717, 1.165) is 18.4 Å². The van der Waals surface area contributed by atoms with Gasteiger partial charge in [0.1, 0.15) is 6.04 Å². The first-order valence-corrected chi connectivity index (χ1v) is 11.2. The quantitative estimate of drug-likeness (QED) is 0.459. The van der Waals surface area contributed by atoms with Gasteiger partial charge in [0.2, 0.25) is 17.7 Å². The number of rotatable bonds is 9. The first-order chi connectivity index (χ1) is 15.9. The second-order valence-electron chi connectivity index (χ2n) is 8.27. The fourth-order valence-electron chi connectivity index (χ4n) is 4.08. The molecular weight excluding hydrogens is 420 g/mol. The van der Waals surface area contributed by atoms with Crippen LogP contribution in [0.3, 0.4) is 0 Å². The Morgan fingerprint density at radius 1 is 0.909 bits per heavy atom. The summed E-state index contributed by atoms with van der Waals surface area (Å²) in [4.78, 5) is 49.6. The minimum Gasteiger partial charge on any atom is -0.369 e. The van der Waals surface area contributed by atoms with Crippen molar-refractivity contribution in [3.63, 3.8) is 0 Å². The minimum absolute atomic E-state index is 0.257.